The molecule has 0 bridgehead atoms. The molecule has 1 amide bonds. The fourth-order valence-corrected chi connectivity index (χ4v) is 2.56. The number of amides is 1. The van der Waals surface area contributed by atoms with Gasteiger partial charge in [0.2, 0.25) is 5.91 Å². The number of benzene rings is 2. The minimum absolute atomic E-state index is 0. The van der Waals surface area contributed by atoms with Crippen LogP contribution in [0.5, 0.6) is 0 Å². The predicted octanol–water partition coefficient (Wildman–Crippen LogP) is 2.49. The van der Waals surface area contributed by atoms with Crippen LogP contribution in [-0.4, -0.2) is 19.0 Å². The molecular weight excluding hydrogens is 272 g/mol. The van der Waals surface area contributed by atoms with Crippen LogP contribution in [0.1, 0.15) is 12.0 Å². The normalized spacial score (nSPS) is 17.7. The monoisotopic (exact) mass is 290 g/mol. The number of hydrogen-bond acceptors (Lipinski definition) is 2. The first kappa shape index (κ1) is 14.8. The summed E-state index contributed by atoms with van der Waals surface area (Å²) in [6.07, 6.45) is 0.948. The van der Waals surface area contributed by atoms with Crippen LogP contribution in [0, 0.1) is 5.92 Å². The van der Waals surface area contributed by atoms with Crippen LogP contribution >= 0.6 is 12.4 Å². The van der Waals surface area contributed by atoms with E-state index < -0.39 is 0 Å². The second-order valence-electron chi connectivity index (χ2n) is 5.09. The van der Waals surface area contributed by atoms with Crippen molar-refractivity contribution in [3.8, 4) is 0 Å². The first-order valence-electron chi connectivity index (χ1n) is 6.79. The van der Waals surface area contributed by atoms with Gasteiger partial charge in [0.25, 0.3) is 0 Å². The van der Waals surface area contributed by atoms with Crippen molar-refractivity contribution >= 4 is 29.1 Å². The summed E-state index contributed by atoms with van der Waals surface area (Å²) in [6.45, 7) is 2.37. The van der Waals surface area contributed by atoms with E-state index in [1.54, 1.807) is 0 Å². The molecule has 0 aromatic heterocycles. The highest BCUT2D eigenvalue weighted by molar-refractivity contribution is 5.85. The molecule has 0 radical (unpaired) electrons. The number of carbonyl (C=O) groups excluding carboxylic acids is 1. The summed E-state index contributed by atoms with van der Waals surface area (Å²) >= 11 is 0. The van der Waals surface area contributed by atoms with Gasteiger partial charge in [-0.2, -0.15) is 0 Å². The predicted molar refractivity (Wildman–Crippen MR) is 84.0 cm³/mol. The molecule has 1 aliphatic heterocycles. The molecular formula is C16H19ClN2O. The zero-order valence-corrected chi connectivity index (χ0v) is 12.1. The van der Waals surface area contributed by atoms with Gasteiger partial charge in [0.05, 0.1) is 5.92 Å². The van der Waals surface area contributed by atoms with Gasteiger partial charge in [0.1, 0.15) is 0 Å². The van der Waals surface area contributed by atoms with Crippen LogP contribution in [-0.2, 0) is 11.3 Å². The van der Waals surface area contributed by atoms with Crippen LogP contribution < -0.4 is 10.6 Å². The standard InChI is InChI=1S/C16H18N2O.ClH/c19-16(15-7-8-17-11-15)18-10-12-5-6-13-3-1-2-4-14(13)9-12;/h1-6,9,15,17H,7-8,10-11H2,(H,18,19);1H. The van der Waals surface area contributed by atoms with E-state index in [4.69, 9.17) is 0 Å². The third-order valence-electron chi connectivity index (χ3n) is 3.71. The van der Waals surface area contributed by atoms with Gasteiger partial charge in [0.15, 0.2) is 0 Å². The van der Waals surface area contributed by atoms with Crippen molar-refractivity contribution in [1.82, 2.24) is 10.6 Å². The van der Waals surface area contributed by atoms with Gasteiger partial charge in [-0.05, 0) is 35.4 Å². The Labute approximate surface area is 125 Å². The van der Waals surface area contributed by atoms with Crippen molar-refractivity contribution in [2.45, 2.75) is 13.0 Å². The van der Waals surface area contributed by atoms with Crippen molar-refractivity contribution in [2.75, 3.05) is 13.1 Å². The summed E-state index contributed by atoms with van der Waals surface area (Å²) in [6, 6.07) is 14.6. The average Bonchev–Trinajstić information content (AvgIpc) is 2.99. The van der Waals surface area contributed by atoms with Crippen molar-refractivity contribution < 1.29 is 4.79 Å². The van der Waals surface area contributed by atoms with E-state index in [1.165, 1.54) is 10.8 Å². The fraction of sp³-hybridized carbons (Fsp3) is 0.312. The highest BCUT2D eigenvalue weighted by Crippen LogP contribution is 2.15. The zero-order chi connectivity index (χ0) is 13.1. The summed E-state index contributed by atoms with van der Waals surface area (Å²) in [4.78, 5) is 11.9. The number of fused-ring (bicyclic) bond motifs is 1. The Hall–Kier alpha value is -1.58. The molecule has 1 unspecified atom stereocenters. The first-order chi connectivity index (χ1) is 9.33. The second kappa shape index (κ2) is 6.73. The molecule has 106 valence electrons. The summed E-state index contributed by atoms with van der Waals surface area (Å²) in [5, 5.41) is 8.69. The van der Waals surface area contributed by atoms with Gasteiger partial charge in [0, 0.05) is 13.1 Å². The minimum Gasteiger partial charge on any atom is -0.352 e. The first-order valence-corrected chi connectivity index (χ1v) is 6.79. The molecule has 2 aromatic carbocycles. The van der Waals surface area contributed by atoms with Crippen LogP contribution in [0.25, 0.3) is 10.8 Å². The van der Waals surface area contributed by atoms with Gasteiger partial charge in [-0.1, -0.05) is 36.4 Å². The van der Waals surface area contributed by atoms with Crippen LogP contribution in [0.3, 0.4) is 0 Å². The molecule has 2 aromatic rings. The van der Waals surface area contributed by atoms with Crippen molar-refractivity contribution in [2.24, 2.45) is 5.92 Å². The average molecular weight is 291 g/mol. The van der Waals surface area contributed by atoms with Crippen LogP contribution in [0.15, 0.2) is 42.5 Å². The Morgan fingerprint density at radius 2 is 2.00 bits per heavy atom. The SMILES string of the molecule is Cl.O=C(NCc1ccc2ccccc2c1)C1CCNC1. The zero-order valence-electron chi connectivity index (χ0n) is 11.3. The van der Waals surface area contributed by atoms with Crippen molar-refractivity contribution in [3.63, 3.8) is 0 Å². The maximum absolute atomic E-state index is 11.9. The molecule has 1 saturated heterocycles. The number of carbonyl (C=O) groups is 1. The van der Waals surface area contributed by atoms with Gasteiger partial charge in [-0.25, -0.2) is 0 Å². The maximum atomic E-state index is 11.9. The smallest absolute Gasteiger partial charge is 0.224 e. The summed E-state index contributed by atoms with van der Waals surface area (Å²) in [7, 11) is 0. The van der Waals surface area contributed by atoms with Gasteiger partial charge >= 0.3 is 0 Å². The Kier molecular flexibility index (Phi) is 4.99. The van der Waals surface area contributed by atoms with Gasteiger partial charge < -0.3 is 10.6 Å². The molecule has 1 aliphatic rings. The highest BCUT2D eigenvalue weighted by Gasteiger charge is 2.21. The van der Waals surface area contributed by atoms with Gasteiger partial charge in [-0.3, -0.25) is 4.79 Å². The van der Waals surface area contributed by atoms with E-state index in [2.05, 4.69) is 41.0 Å². The lowest BCUT2D eigenvalue weighted by Gasteiger charge is -2.10. The molecule has 4 heteroatoms. The summed E-state index contributed by atoms with van der Waals surface area (Å²) in [5.41, 5.74) is 1.15. The number of hydrogen-bond donors (Lipinski definition) is 2. The number of rotatable bonds is 3. The molecule has 0 spiro atoms. The Morgan fingerprint density at radius 3 is 2.75 bits per heavy atom. The Balaban J connectivity index is 0.00000147. The lowest BCUT2D eigenvalue weighted by molar-refractivity contribution is -0.124. The molecule has 0 aliphatic carbocycles. The Morgan fingerprint density at radius 1 is 1.20 bits per heavy atom. The molecule has 1 atom stereocenters. The molecule has 20 heavy (non-hydrogen) atoms. The fourth-order valence-electron chi connectivity index (χ4n) is 2.56. The van der Waals surface area contributed by atoms with Crippen LogP contribution in [0.2, 0.25) is 0 Å². The van der Waals surface area contributed by atoms with E-state index in [1.807, 2.05) is 12.1 Å². The van der Waals surface area contributed by atoms with Crippen molar-refractivity contribution in [1.29, 1.82) is 0 Å². The second-order valence-corrected chi connectivity index (χ2v) is 5.09. The van der Waals surface area contributed by atoms with E-state index in [0.29, 0.717) is 6.54 Å². The summed E-state index contributed by atoms with van der Waals surface area (Å²) in [5.74, 6) is 0.304. The lowest BCUT2D eigenvalue weighted by Crippen LogP contribution is -2.31. The maximum Gasteiger partial charge on any atom is 0.224 e. The van der Waals surface area contributed by atoms with Crippen molar-refractivity contribution in [3.05, 3.63) is 48.0 Å². The topological polar surface area (TPSA) is 41.1 Å². The van der Waals surface area contributed by atoms with E-state index in [9.17, 15) is 4.79 Å². The summed E-state index contributed by atoms with van der Waals surface area (Å²) < 4.78 is 0. The molecule has 2 N–H and O–H groups in total. The number of nitrogens with one attached hydrogen (secondary N) is 2. The number of halogens is 1. The molecule has 0 saturated carbocycles. The van der Waals surface area contributed by atoms with E-state index >= 15 is 0 Å². The van der Waals surface area contributed by atoms with E-state index in [-0.39, 0.29) is 24.2 Å². The third kappa shape index (κ3) is 3.30. The van der Waals surface area contributed by atoms with E-state index in [0.717, 1.165) is 25.1 Å². The quantitative estimate of drug-likeness (QED) is 0.912. The Bertz CT molecular complexity index is 594. The van der Waals surface area contributed by atoms with Gasteiger partial charge in [-0.15, -0.1) is 12.4 Å². The molecule has 3 rings (SSSR count). The highest BCUT2D eigenvalue weighted by atomic mass is 35.5. The molecule has 3 nitrogen and oxygen atoms in total. The lowest BCUT2D eigenvalue weighted by atomic mass is 10.1. The largest absolute Gasteiger partial charge is 0.352 e. The molecule has 1 fully saturated rings. The third-order valence-corrected chi connectivity index (χ3v) is 3.71. The molecule has 1 heterocycles. The van der Waals surface area contributed by atoms with Crippen LogP contribution in [0.4, 0.5) is 0 Å². The minimum atomic E-state index is 0.